The van der Waals surface area contributed by atoms with Crippen molar-refractivity contribution in [1.29, 1.82) is 0 Å². The molecule has 5 rings (SSSR count). The minimum atomic E-state index is -0.507. The Kier molecular flexibility index (Phi) is 4.64. The molecular formula is C24H31N3O2S. The molecule has 0 N–H and O–H groups in total. The minimum Gasteiger partial charge on any atom is -0.378 e. The van der Waals surface area contributed by atoms with Crippen LogP contribution in [-0.2, 0) is 20.7 Å². The number of anilines is 2. The van der Waals surface area contributed by atoms with Gasteiger partial charge in [0.2, 0.25) is 0 Å². The van der Waals surface area contributed by atoms with Crippen molar-refractivity contribution in [3.05, 3.63) is 59.7 Å². The highest BCUT2D eigenvalue weighted by molar-refractivity contribution is 8.00. The molecule has 0 radical (unpaired) electrons. The van der Waals surface area contributed by atoms with Crippen LogP contribution >= 0.6 is 11.8 Å². The van der Waals surface area contributed by atoms with Gasteiger partial charge in [0.05, 0.1) is 5.37 Å². The molecule has 3 heterocycles. The summed E-state index contributed by atoms with van der Waals surface area (Å²) >= 11 is 1.95. The van der Waals surface area contributed by atoms with Crippen LogP contribution in [0.15, 0.2) is 48.5 Å². The first-order valence-corrected chi connectivity index (χ1v) is 11.6. The van der Waals surface area contributed by atoms with Crippen molar-refractivity contribution in [2.45, 2.75) is 42.9 Å². The average molecular weight is 426 g/mol. The molecule has 3 aliphatic rings. The van der Waals surface area contributed by atoms with Gasteiger partial charge >= 0.3 is 0 Å². The zero-order valence-electron chi connectivity index (χ0n) is 18.6. The van der Waals surface area contributed by atoms with Crippen molar-refractivity contribution >= 4 is 23.1 Å². The third-order valence-corrected chi connectivity index (χ3v) is 8.31. The van der Waals surface area contributed by atoms with E-state index >= 15 is 0 Å². The third-order valence-electron chi connectivity index (χ3n) is 6.82. The summed E-state index contributed by atoms with van der Waals surface area (Å²) in [5.41, 5.74) is 3.87. The van der Waals surface area contributed by atoms with Crippen molar-refractivity contribution < 1.29 is 9.47 Å². The second-order valence-corrected chi connectivity index (χ2v) is 10.4. The molecule has 3 saturated heterocycles. The molecule has 0 saturated carbocycles. The Bertz CT molecular complexity index is 915. The molecule has 5 nitrogen and oxygen atoms in total. The quantitative estimate of drug-likeness (QED) is 0.734. The summed E-state index contributed by atoms with van der Waals surface area (Å²) < 4.78 is 13.6. The monoisotopic (exact) mass is 425 g/mol. The molecule has 0 aromatic heterocycles. The van der Waals surface area contributed by atoms with Gasteiger partial charge in [-0.05, 0) is 49.2 Å². The molecule has 3 aliphatic heterocycles. The highest BCUT2D eigenvalue weighted by Crippen LogP contribution is 2.59. The first-order valence-electron chi connectivity index (χ1n) is 10.5. The van der Waals surface area contributed by atoms with Crippen LogP contribution in [0.25, 0.3) is 0 Å². The molecule has 3 fully saturated rings. The standard InChI is InChI=1S/C24H31N3O2S/c1-23(16-9-7-11-18(13-16)25(3)4)21-27-20(28-23)15-30-22(27)24(2,29-21)17-10-8-12-19(14-17)26(5)6/h7-14,20-22H,15H2,1-6H3/t20-,21-,22-,23-,24-/m1/s1. The van der Waals surface area contributed by atoms with Crippen LogP contribution in [0, 0.1) is 0 Å². The third kappa shape index (κ3) is 2.81. The van der Waals surface area contributed by atoms with Crippen LogP contribution in [0.4, 0.5) is 11.4 Å². The minimum absolute atomic E-state index is 0.0804. The zero-order chi connectivity index (χ0) is 21.3. The lowest BCUT2D eigenvalue weighted by Crippen LogP contribution is -2.39. The van der Waals surface area contributed by atoms with E-state index in [9.17, 15) is 0 Å². The maximum absolute atomic E-state index is 6.95. The van der Waals surface area contributed by atoms with Crippen LogP contribution in [0.3, 0.4) is 0 Å². The summed E-state index contributed by atoms with van der Waals surface area (Å²) in [4.78, 5) is 6.75. The van der Waals surface area contributed by atoms with E-state index < -0.39 is 5.60 Å². The number of ether oxygens (including phenoxy) is 2. The van der Waals surface area contributed by atoms with Gasteiger partial charge in [-0.15, -0.1) is 11.8 Å². The fourth-order valence-corrected chi connectivity index (χ4v) is 6.52. The van der Waals surface area contributed by atoms with Gasteiger partial charge in [0.1, 0.15) is 23.7 Å². The normalized spacial score (nSPS) is 34.9. The van der Waals surface area contributed by atoms with Crippen molar-refractivity contribution in [3.63, 3.8) is 0 Å². The number of hydrogen-bond acceptors (Lipinski definition) is 6. The van der Waals surface area contributed by atoms with E-state index in [1.807, 2.05) is 11.8 Å². The van der Waals surface area contributed by atoms with E-state index in [-0.39, 0.29) is 23.4 Å². The molecular weight excluding hydrogens is 394 g/mol. The lowest BCUT2D eigenvalue weighted by atomic mass is 9.93. The molecule has 0 unspecified atom stereocenters. The number of rotatable bonds is 4. The molecule has 0 aliphatic carbocycles. The van der Waals surface area contributed by atoms with E-state index in [1.54, 1.807) is 0 Å². The van der Waals surface area contributed by atoms with Gasteiger partial charge in [-0.25, -0.2) is 4.90 Å². The fraction of sp³-hybridized carbons (Fsp3) is 0.500. The van der Waals surface area contributed by atoms with Gasteiger partial charge in [0.15, 0.2) is 0 Å². The van der Waals surface area contributed by atoms with Crippen molar-refractivity contribution in [2.75, 3.05) is 43.7 Å². The van der Waals surface area contributed by atoms with Crippen molar-refractivity contribution in [2.24, 2.45) is 0 Å². The smallest absolute Gasteiger partial charge is 0.148 e. The summed E-state index contributed by atoms with van der Waals surface area (Å²) in [6.07, 6.45) is -0.0372. The Hall–Kier alpha value is -1.73. The SMILES string of the molecule is CN(C)c1cccc([C@@]2(C)O[C@@H]3CS[C@H]4N3[C@@H]2O[C@]4(C)c2cccc(N(C)C)c2)c1. The lowest BCUT2D eigenvalue weighted by Gasteiger charge is -2.34. The molecule has 2 aromatic carbocycles. The highest BCUT2D eigenvalue weighted by atomic mass is 32.2. The maximum Gasteiger partial charge on any atom is 0.148 e. The molecule has 5 atom stereocenters. The first kappa shape index (κ1) is 20.2. The number of thioether (sulfide) groups is 1. The van der Waals surface area contributed by atoms with Gasteiger partial charge in [-0.2, -0.15) is 0 Å². The predicted molar refractivity (Wildman–Crippen MR) is 124 cm³/mol. The number of nitrogens with zero attached hydrogens (tertiary/aromatic N) is 3. The zero-order valence-corrected chi connectivity index (χ0v) is 19.4. The Morgan fingerprint density at radius 1 is 0.867 bits per heavy atom. The van der Waals surface area contributed by atoms with Crippen LogP contribution in [-0.4, -0.2) is 56.7 Å². The average Bonchev–Trinajstić information content (AvgIpc) is 3.37. The largest absolute Gasteiger partial charge is 0.378 e. The molecule has 6 heteroatoms. The van der Waals surface area contributed by atoms with E-state index in [0.29, 0.717) is 0 Å². The Morgan fingerprint density at radius 2 is 1.43 bits per heavy atom. The second kappa shape index (κ2) is 6.89. The summed E-state index contributed by atoms with van der Waals surface area (Å²) in [5.74, 6) is 0.969. The summed E-state index contributed by atoms with van der Waals surface area (Å²) in [5, 5.41) is 0.240. The van der Waals surface area contributed by atoms with Crippen LogP contribution in [0.5, 0.6) is 0 Å². The van der Waals surface area contributed by atoms with Gasteiger partial charge in [-0.3, -0.25) is 0 Å². The van der Waals surface area contributed by atoms with Crippen LogP contribution in [0.1, 0.15) is 25.0 Å². The Morgan fingerprint density at radius 3 is 2.00 bits per heavy atom. The van der Waals surface area contributed by atoms with E-state index in [4.69, 9.17) is 9.47 Å². The van der Waals surface area contributed by atoms with Crippen molar-refractivity contribution in [3.8, 4) is 0 Å². The molecule has 0 bridgehead atoms. The summed E-state index contributed by atoms with van der Waals surface area (Å²) in [6, 6.07) is 17.4. The Balaban J connectivity index is 1.55. The summed E-state index contributed by atoms with van der Waals surface area (Å²) in [7, 11) is 8.31. The molecule has 0 spiro atoms. The van der Waals surface area contributed by atoms with Crippen LogP contribution in [0.2, 0.25) is 0 Å². The highest BCUT2D eigenvalue weighted by Gasteiger charge is 2.67. The fourth-order valence-electron chi connectivity index (χ4n) is 5.00. The Labute approximate surface area is 183 Å². The predicted octanol–water partition coefficient (Wildman–Crippen LogP) is 4.04. The van der Waals surface area contributed by atoms with Gasteiger partial charge in [0.25, 0.3) is 0 Å². The van der Waals surface area contributed by atoms with E-state index in [1.165, 1.54) is 22.5 Å². The van der Waals surface area contributed by atoms with Crippen molar-refractivity contribution in [1.82, 2.24) is 4.90 Å². The van der Waals surface area contributed by atoms with Gasteiger partial charge in [-0.1, -0.05) is 24.3 Å². The van der Waals surface area contributed by atoms with E-state index in [0.717, 1.165) is 5.75 Å². The molecule has 30 heavy (non-hydrogen) atoms. The maximum atomic E-state index is 6.95. The second-order valence-electron chi connectivity index (χ2n) is 9.28. The first-order chi connectivity index (χ1) is 14.2. The molecule has 160 valence electrons. The number of benzene rings is 2. The molecule has 0 amide bonds. The summed E-state index contributed by atoms with van der Waals surface area (Å²) in [6.45, 7) is 4.44. The van der Waals surface area contributed by atoms with Gasteiger partial charge in [0, 0.05) is 45.3 Å². The van der Waals surface area contributed by atoms with Crippen LogP contribution < -0.4 is 9.80 Å². The lowest BCUT2D eigenvalue weighted by molar-refractivity contribution is -0.132. The van der Waals surface area contributed by atoms with E-state index in [2.05, 4.69) is 105 Å². The topological polar surface area (TPSA) is 28.2 Å². The number of hydrogen-bond donors (Lipinski definition) is 0. The molecule has 2 aromatic rings. The van der Waals surface area contributed by atoms with Gasteiger partial charge < -0.3 is 19.3 Å².